The first-order valence-electron chi connectivity index (χ1n) is 5.35. The van der Waals surface area contributed by atoms with Crippen molar-refractivity contribution in [3.63, 3.8) is 0 Å². The van der Waals surface area contributed by atoms with Crippen LogP contribution in [-0.2, 0) is 0 Å². The standard InChI is InChI=1S/C12H9NO4/c1-6-9(13(16)17)12(6)10(14)7-4-2-3-5-8(7)11(12)15/h2-6,9H,1H3. The van der Waals surface area contributed by atoms with Gasteiger partial charge in [0.15, 0.2) is 17.0 Å². The van der Waals surface area contributed by atoms with Gasteiger partial charge in [0, 0.05) is 16.1 Å². The van der Waals surface area contributed by atoms with E-state index in [1.54, 1.807) is 31.2 Å². The topological polar surface area (TPSA) is 77.3 Å². The molecule has 5 heteroatoms. The number of rotatable bonds is 1. The van der Waals surface area contributed by atoms with Gasteiger partial charge < -0.3 is 0 Å². The summed E-state index contributed by atoms with van der Waals surface area (Å²) in [7, 11) is 0. The molecule has 1 saturated carbocycles. The zero-order valence-electron chi connectivity index (χ0n) is 9.04. The molecule has 2 unspecified atom stereocenters. The molecular weight excluding hydrogens is 222 g/mol. The second-order valence-electron chi connectivity index (χ2n) is 4.59. The zero-order chi connectivity index (χ0) is 12.4. The van der Waals surface area contributed by atoms with Crippen LogP contribution in [0, 0.1) is 21.4 Å². The molecule has 0 saturated heterocycles. The van der Waals surface area contributed by atoms with Crippen molar-refractivity contribution in [2.75, 3.05) is 0 Å². The minimum absolute atomic E-state index is 0.328. The Labute approximate surface area is 96.6 Å². The summed E-state index contributed by atoms with van der Waals surface area (Å²) in [5.74, 6) is -1.27. The minimum atomic E-state index is -1.41. The van der Waals surface area contributed by atoms with Gasteiger partial charge >= 0.3 is 0 Å². The monoisotopic (exact) mass is 231 g/mol. The molecule has 86 valence electrons. The van der Waals surface area contributed by atoms with Crippen LogP contribution in [0.5, 0.6) is 0 Å². The molecule has 1 fully saturated rings. The molecule has 0 amide bonds. The number of fused-ring (bicyclic) bond motifs is 1. The first-order valence-corrected chi connectivity index (χ1v) is 5.35. The Morgan fingerprint density at radius 1 is 1.18 bits per heavy atom. The summed E-state index contributed by atoms with van der Waals surface area (Å²) in [5.41, 5.74) is -0.755. The number of ketones is 2. The van der Waals surface area contributed by atoms with Gasteiger partial charge in [-0.2, -0.15) is 0 Å². The third kappa shape index (κ3) is 0.906. The van der Waals surface area contributed by atoms with Crippen LogP contribution in [0.3, 0.4) is 0 Å². The Hall–Kier alpha value is -2.04. The Kier molecular flexibility index (Phi) is 1.67. The molecule has 1 aromatic carbocycles. The maximum absolute atomic E-state index is 12.2. The zero-order valence-corrected chi connectivity index (χ0v) is 9.04. The molecule has 2 aliphatic carbocycles. The van der Waals surface area contributed by atoms with Gasteiger partial charge in [-0.1, -0.05) is 31.2 Å². The largest absolute Gasteiger partial charge is 0.293 e. The number of hydrogen-bond donors (Lipinski definition) is 0. The Morgan fingerprint density at radius 2 is 1.65 bits per heavy atom. The number of carbonyl (C=O) groups excluding carboxylic acids is 2. The van der Waals surface area contributed by atoms with E-state index in [0.717, 1.165) is 0 Å². The van der Waals surface area contributed by atoms with Crippen molar-refractivity contribution in [2.45, 2.75) is 13.0 Å². The van der Waals surface area contributed by atoms with Crippen LogP contribution in [0.1, 0.15) is 27.6 Å². The van der Waals surface area contributed by atoms with Crippen LogP contribution < -0.4 is 0 Å². The number of hydrogen-bond acceptors (Lipinski definition) is 4. The normalized spacial score (nSPS) is 28.3. The van der Waals surface area contributed by atoms with E-state index in [2.05, 4.69) is 0 Å². The first kappa shape index (κ1) is 10.1. The average Bonchev–Trinajstić information content (AvgIpc) is 2.88. The van der Waals surface area contributed by atoms with Crippen molar-refractivity contribution in [1.29, 1.82) is 0 Å². The van der Waals surface area contributed by atoms with Gasteiger partial charge in [-0.15, -0.1) is 0 Å². The van der Waals surface area contributed by atoms with Crippen LogP contribution in [0.25, 0.3) is 0 Å². The molecule has 2 atom stereocenters. The van der Waals surface area contributed by atoms with E-state index in [1.807, 2.05) is 0 Å². The Balaban J connectivity index is 2.18. The van der Waals surface area contributed by atoms with E-state index in [0.29, 0.717) is 11.1 Å². The molecule has 0 bridgehead atoms. The summed E-state index contributed by atoms with van der Waals surface area (Å²) in [6.07, 6.45) is 0. The lowest BCUT2D eigenvalue weighted by atomic mass is 9.97. The minimum Gasteiger partial charge on any atom is -0.293 e. The van der Waals surface area contributed by atoms with Gasteiger partial charge in [0.25, 0.3) is 0 Å². The molecular formula is C12H9NO4. The fraction of sp³-hybridized carbons (Fsp3) is 0.333. The summed E-state index contributed by atoms with van der Waals surface area (Å²) in [4.78, 5) is 34.8. The van der Waals surface area contributed by atoms with Crippen molar-refractivity contribution in [1.82, 2.24) is 0 Å². The lowest BCUT2D eigenvalue weighted by Crippen LogP contribution is -2.25. The van der Waals surface area contributed by atoms with Crippen LogP contribution in [0.2, 0.25) is 0 Å². The summed E-state index contributed by atoms with van der Waals surface area (Å²) in [5, 5.41) is 10.9. The maximum atomic E-state index is 12.2. The average molecular weight is 231 g/mol. The van der Waals surface area contributed by atoms with Crippen LogP contribution in [0.4, 0.5) is 0 Å². The maximum Gasteiger partial charge on any atom is 0.238 e. The van der Waals surface area contributed by atoms with Crippen molar-refractivity contribution < 1.29 is 14.5 Å². The molecule has 5 nitrogen and oxygen atoms in total. The lowest BCUT2D eigenvalue weighted by molar-refractivity contribution is -0.501. The van der Waals surface area contributed by atoms with Gasteiger partial charge in [-0.05, 0) is 0 Å². The fourth-order valence-electron chi connectivity index (χ4n) is 3.00. The lowest BCUT2D eigenvalue weighted by Gasteiger charge is -2.00. The highest BCUT2D eigenvalue weighted by atomic mass is 16.6. The van der Waals surface area contributed by atoms with Crippen molar-refractivity contribution in [3.05, 3.63) is 45.5 Å². The molecule has 3 rings (SSSR count). The molecule has 2 aliphatic rings. The second-order valence-corrected chi connectivity index (χ2v) is 4.59. The van der Waals surface area contributed by atoms with E-state index in [4.69, 9.17) is 0 Å². The predicted molar refractivity (Wildman–Crippen MR) is 57.5 cm³/mol. The molecule has 0 aliphatic heterocycles. The Bertz CT molecular complexity index is 543. The Morgan fingerprint density at radius 3 is 2.00 bits per heavy atom. The van der Waals surface area contributed by atoms with Gasteiger partial charge in [-0.25, -0.2) is 0 Å². The molecule has 0 heterocycles. The summed E-state index contributed by atoms with van der Waals surface area (Å²) >= 11 is 0. The van der Waals surface area contributed by atoms with E-state index in [-0.39, 0.29) is 11.6 Å². The SMILES string of the molecule is CC1C([N+](=O)[O-])C12C(=O)c1ccccc1C2=O. The van der Waals surface area contributed by atoms with Gasteiger partial charge in [0.05, 0.1) is 5.92 Å². The third-order valence-corrected chi connectivity index (χ3v) is 3.94. The first-order chi connectivity index (χ1) is 8.02. The van der Waals surface area contributed by atoms with Crippen LogP contribution in [0.15, 0.2) is 24.3 Å². The van der Waals surface area contributed by atoms with Gasteiger partial charge in [0.1, 0.15) is 0 Å². The van der Waals surface area contributed by atoms with E-state index in [1.165, 1.54) is 0 Å². The number of carbonyl (C=O) groups is 2. The van der Waals surface area contributed by atoms with E-state index in [9.17, 15) is 19.7 Å². The van der Waals surface area contributed by atoms with Gasteiger partial charge in [0.2, 0.25) is 6.04 Å². The summed E-state index contributed by atoms with van der Waals surface area (Å²) in [6.45, 7) is 1.59. The number of Topliss-reactive ketones (excluding diaryl/α,β-unsaturated/α-hetero) is 2. The predicted octanol–water partition coefficient (Wildman–Crippen LogP) is 1.35. The summed E-state index contributed by atoms with van der Waals surface area (Å²) < 4.78 is 0. The molecule has 1 aromatic rings. The molecule has 1 spiro atoms. The van der Waals surface area contributed by atoms with Crippen LogP contribution >= 0.6 is 0 Å². The van der Waals surface area contributed by atoms with Crippen molar-refractivity contribution in [3.8, 4) is 0 Å². The van der Waals surface area contributed by atoms with E-state index < -0.39 is 22.3 Å². The second kappa shape index (κ2) is 2.80. The highest BCUT2D eigenvalue weighted by Crippen LogP contribution is 2.61. The third-order valence-electron chi connectivity index (χ3n) is 3.94. The van der Waals surface area contributed by atoms with Gasteiger partial charge in [-0.3, -0.25) is 19.7 Å². The molecule has 17 heavy (non-hydrogen) atoms. The highest BCUT2D eigenvalue weighted by molar-refractivity contribution is 6.32. The fourth-order valence-corrected chi connectivity index (χ4v) is 3.00. The molecule has 0 radical (unpaired) electrons. The van der Waals surface area contributed by atoms with Crippen molar-refractivity contribution in [2.24, 2.45) is 11.3 Å². The smallest absolute Gasteiger partial charge is 0.238 e. The molecule has 0 N–H and O–H groups in total. The van der Waals surface area contributed by atoms with Crippen LogP contribution in [-0.4, -0.2) is 22.5 Å². The number of nitrogens with zero attached hydrogens (tertiary/aromatic N) is 1. The van der Waals surface area contributed by atoms with Crippen molar-refractivity contribution >= 4 is 11.6 Å². The number of nitro groups is 1. The van der Waals surface area contributed by atoms with E-state index >= 15 is 0 Å². The molecule has 0 aromatic heterocycles. The summed E-state index contributed by atoms with van der Waals surface area (Å²) in [6, 6.07) is 5.39. The highest BCUT2D eigenvalue weighted by Gasteiger charge is 2.82. The number of benzene rings is 1. The quantitative estimate of drug-likeness (QED) is 0.415.